The van der Waals surface area contributed by atoms with Gasteiger partial charge in [-0.05, 0) is 92.4 Å². The second-order valence-electron chi connectivity index (χ2n) is 21.5. The minimum atomic E-state index is -0.123. The predicted octanol–water partition coefficient (Wildman–Crippen LogP) is 14.9. The summed E-state index contributed by atoms with van der Waals surface area (Å²) in [6, 6.07) is 49.7. The van der Waals surface area contributed by atoms with Crippen molar-refractivity contribution in [3.63, 3.8) is 0 Å². The van der Waals surface area contributed by atoms with Crippen LogP contribution in [0.25, 0.3) is 45.0 Å². The third-order valence-electron chi connectivity index (χ3n) is 12.0. The second-order valence-corrected chi connectivity index (χ2v) is 21.5. The molecule has 0 fully saturated rings. The largest absolute Gasteiger partial charge is 2.00 e. The van der Waals surface area contributed by atoms with Gasteiger partial charge >= 0.3 is 21.1 Å². The summed E-state index contributed by atoms with van der Waals surface area (Å²) >= 11 is 0. The molecule has 0 spiro atoms. The van der Waals surface area contributed by atoms with Crippen molar-refractivity contribution in [3.05, 3.63) is 215 Å². The van der Waals surface area contributed by atoms with Crippen molar-refractivity contribution in [3.8, 4) is 45.0 Å². The summed E-state index contributed by atoms with van der Waals surface area (Å²) in [6.45, 7) is 26.1. The standard InChI is InChI=1S/C31H32N2O.C31H30N2O.Pt/c2*1-30(2,3)25-13-15-32-27(19-25)21-9-7-11-23(17-21)29(34)24-12-8-10-22(18-24)28-20-26(14-16-33-28)31(4,5)6;/h7-20H,1-6H3;7-16,19-20H,1-6H3;/q;-2;+2. The molecule has 0 aliphatic carbocycles. The molecule has 0 aliphatic rings. The number of hydrogen-bond donors (Lipinski definition) is 0. The first kappa shape index (κ1) is 51.9. The van der Waals surface area contributed by atoms with E-state index in [4.69, 9.17) is 0 Å². The number of carbonyl (C=O) groups is 2. The quantitative estimate of drug-likeness (QED) is 0.111. The van der Waals surface area contributed by atoms with Gasteiger partial charge in [0.15, 0.2) is 5.78 Å². The molecule has 4 aromatic carbocycles. The smallest absolute Gasteiger partial charge is 0.336 e. The van der Waals surface area contributed by atoms with Gasteiger partial charge in [0, 0.05) is 58.4 Å². The zero-order valence-corrected chi connectivity index (χ0v) is 44.2. The number of nitrogens with zero attached hydrogens (tertiary/aromatic N) is 4. The van der Waals surface area contributed by atoms with Crippen molar-refractivity contribution in [2.24, 2.45) is 0 Å². The van der Waals surface area contributed by atoms with Crippen LogP contribution in [-0.2, 0) is 42.7 Å². The van der Waals surface area contributed by atoms with Crippen LogP contribution in [0.1, 0.15) is 137 Å². The van der Waals surface area contributed by atoms with Crippen LogP contribution in [0.5, 0.6) is 0 Å². The molecule has 0 N–H and O–H groups in total. The second kappa shape index (κ2) is 21.0. The monoisotopic (exact) mass is 1090 g/mol. The van der Waals surface area contributed by atoms with Crippen molar-refractivity contribution < 1.29 is 30.7 Å². The Morgan fingerprint density at radius 1 is 0.362 bits per heavy atom. The van der Waals surface area contributed by atoms with Gasteiger partial charge < -0.3 is 4.79 Å². The molecule has 0 atom stereocenters. The number of rotatable bonds is 8. The first-order valence-electron chi connectivity index (χ1n) is 23.3. The molecule has 8 aromatic rings. The summed E-state index contributed by atoms with van der Waals surface area (Å²) in [5.74, 6) is -0.134. The normalized spacial score (nSPS) is 11.8. The average molecular weight is 1090 g/mol. The Morgan fingerprint density at radius 2 is 0.667 bits per heavy atom. The third kappa shape index (κ3) is 13.0. The maximum atomic E-state index is 13.4. The van der Waals surface area contributed by atoms with E-state index in [1.807, 2.05) is 122 Å². The van der Waals surface area contributed by atoms with E-state index in [1.54, 1.807) is 12.1 Å². The molecule has 0 amide bonds. The van der Waals surface area contributed by atoms with Crippen LogP contribution in [0.4, 0.5) is 0 Å². The van der Waals surface area contributed by atoms with Crippen LogP contribution in [0.3, 0.4) is 0 Å². The van der Waals surface area contributed by atoms with Crippen molar-refractivity contribution in [2.45, 2.75) is 105 Å². The SMILES string of the molecule is CC(C)(C)c1ccnc(-c2[c-]c(C(=O)c3[c-]c(-c4cc(C(C)(C)C)ccn4)ccc3)ccc2)c1.CC(C)(C)c1ccnc(-c2cccc(C(=O)c3cccc(-c4cc(C(C)(C)C)ccn4)c3)c2)c1.[Pt+2]. The Labute approximate surface area is 424 Å². The number of aromatic nitrogens is 4. The van der Waals surface area contributed by atoms with Gasteiger partial charge in [-0.3, -0.25) is 24.7 Å². The molecule has 69 heavy (non-hydrogen) atoms. The topological polar surface area (TPSA) is 85.7 Å². The van der Waals surface area contributed by atoms with Crippen molar-refractivity contribution in [1.82, 2.24) is 19.9 Å². The number of ketones is 2. The maximum Gasteiger partial charge on any atom is 2.00 e. The van der Waals surface area contributed by atoms with Gasteiger partial charge in [-0.1, -0.05) is 154 Å². The van der Waals surface area contributed by atoms with Crippen molar-refractivity contribution in [1.29, 1.82) is 0 Å². The number of benzene rings is 4. The summed E-state index contributed by atoms with van der Waals surface area (Å²) < 4.78 is 0. The molecule has 0 saturated carbocycles. The molecule has 0 bridgehead atoms. The van der Waals surface area contributed by atoms with E-state index in [-0.39, 0.29) is 54.3 Å². The van der Waals surface area contributed by atoms with E-state index in [0.717, 1.165) is 45.0 Å². The van der Waals surface area contributed by atoms with Gasteiger partial charge in [-0.15, -0.1) is 48.5 Å². The van der Waals surface area contributed by atoms with E-state index in [0.29, 0.717) is 22.3 Å². The van der Waals surface area contributed by atoms with Crippen LogP contribution in [0.2, 0.25) is 0 Å². The fraction of sp³-hybridized carbons (Fsp3) is 0.258. The van der Waals surface area contributed by atoms with E-state index in [9.17, 15) is 9.59 Å². The number of hydrogen-bond acceptors (Lipinski definition) is 6. The van der Waals surface area contributed by atoms with Gasteiger partial charge in [-0.2, -0.15) is 0 Å². The fourth-order valence-electron chi connectivity index (χ4n) is 7.65. The van der Waals surface area contributed by atoms with Gasteiger partial charge in [-0.25, -0.2) is 0 Å². The molecule has 6 nitrogen and oxygen atoms in total. The molecular weight excluding hydrogens is 1030 g/mol. The van der Waals surface area contributed by atoms with Crippen LogP contribution in [-0.4, -0.2) is 31.5 Å². The minimum Gasteiger partial charge on any atom is -0.336 e. The van der Waals surface area contributed by atoms with E-state index in [2.05, 4.69) is 139 Å². The average Bonchev–Trinajstić information content (AvgIpc) is 3.33. The number of carbonyl (C=O) groups excluding carboxylic acids is 2. The fourth-order valence-corrected chi connectivity index (χ4v) is 7.65. The van der Waals surface area contributed by atoms with Crippen LogP contribution in [0, 0.1) is 12.1 Å². The number of pyridine rings is 4. The van der Waals surface area contributed by atoms with Crippen LogP contribution >= 0.6 is 0 Å². The van der Waals surface area contributed by atoms with Gasteiger partial charge in [0.2, 0.25) is 0 Å². The zero-order valence-electron chi connectivity index (χ0n) is 41.9. The predicted molar refractivity (Wildman–Crippen MR) is 278 cm³/mol. The molecular formula is C62H62N4O2Pt. The zero-order chi connectivity index (χ0) is 49.0. The van der Waals surface area contributed by atoms with E-state index < -0.39 is 0 Å². The van der Waals surface area contributed by atoms with E-state index in [1.165, 1.54) is 22.3 Å². The van der Waals surface area contributed by atoms with Gasteiger partial charge in [0.1, 0.15) is 5.78 Å². The first-order chi connectivity index (χ1) is 32.0. The molecule has 8 rings (SSSR count). The maximum absolute atomic E-state index is 13.4. The summed E-state index contributed by atoms with van der Waals surface area (Å²) in [4.78, 5) is 44.9. The molecule has 0 radical (unpaired) electrons. The molecule has 4 heterocycles. The third-order valence-corrected chi connectivity index (χ3v) is 12.0. The van der Waals surface area contributed by atoms with Crippen LogP contribution < -0.4 is 0 Å². The molecule has 352 valence electrons. The molecule has 4 aromatic heterocycles. The summed E-state index contributed by atoms with van der Waals surface area (Å²) in [6.07, 6.45) is 7.31. The Bertz CT molecular complexity index is 2690. The Kier molecular flexibility index (Phi) is 15.8. The summed E-state index contributed by atoms with van der Waals surface area (Å²) in [5.41, 5.74) is 14.0. The molecule has 7 heteroatoms. The first-order valence-corrected chi connectivity index (χ1v) is 23.3. The molecule has 0 unspecified atom stereocenters. The molecule has 0 saturated heterocycles. The van der Waals surface area contributed by atoms with Gasteiger partial charge in [0.05, 0.1) is 11.4 Å². The summed E-state index contributed by atoms with van der Waals surface area (Å²) in [7, 11) is 0. The Morgan fingerprint density at radius 3 is 1.00 bits per heavy atom. The van der Waals surface area contributed by atoms with Crippen LogP contribution in [0.15, 0.2) is 158 Å². The van der Waals surface area contributed by atoms with Crippen molar-refractivity contribution in [2.75, 3.05) is 0 Å². The summed E-state index contributed by atoms with van der Waals surface area (Å²) in [5, 5.41) is 0. The van der Waals surface area contributed by atoms with Crippen molar-refractivity contribution >= 4 is 11.6 Å². The van der Waals surface area contributed by atoms with E-state index >= 15 is 0 Å². The Balaban J connectivity index is 0.000000224. The molecule has 0 aliphatic heterocycles. The van der Waals surface area contributed by atoms with Gasteiger partial charge in [0.25, 0.3) is 0 Å². The minimum absolute atomic E-state index is 0. The Hall–Kier alpha value is -6.49.